The van der Waals surface area contributed by atoms with Crippen LogP contribution >= 0.6 is 0 Å². The van der Waals surface area contributed by atoms with E-state index in [1.807, 2.05) is 30.5 Å². The number of rotatable bonds is 7. The van der Waals surface area contributed by atoms with Gasteiger partial charge in [0.2, 0.25) is 5.95 Å². The van der Waals surface area contributed by atoms with Gasteiger partial charge >= 0.3 is 5.97 Å². The molecule has 0 aliphatic carbocycles. The van der Waals surface area contributed by atoms with E-state index in [1.54, 1.807) is 19.4 Å². The lowest BCUT2D eigenvalue weighted by molar-refractivity contribution is -0.139. The van der Waals surface area contributed by atoms with Gasteiger partial charge in [0.05, 0.1) is 0 Å². The Labute approximate surface area is 139 Å². The minimum atomic E-state index is -0.881. The van der Waals surface area contributed by atoms with E-state index >= 15 is 0 Å². The van der Waals surface area contributed by atoms with Gasteiger partial charge < -0.3 is 15.4 Å². The summed E-state index contributed by atoms with van der Waals surface area (Å²) in [5, 5.41) is 16.4. The quantitative estimate of drug-likeness (QED) is 0.528. The molecule has 1 aromatic carbocycles. The van der Waals surface area contributed by atoms with Gasteiger partial charge in [0.1, 0.15) is 6.04 Å². The zero-order chi connectivity index (χ0) is 16.9. The summed E-state index contributed by atoms with van der Waals surface area (Å²) in [6, 6.07) is 7.18. The van der Waals surface area contributed by atoms with Gasteiger partial charge in [0.25, 0.3) is 0 Å². The molecule has 1 atom stereocenters. The van der Waals surface area contributed by atoms with Gasteiger partial charge in [-0.1, -0.05) is 18.2 Å². The highest BCUT2D eigenvalue weighted by Crippen LogP contribution is 2.19. The molecule has 3 aromatic rings. The van der Waals surface area contributed by atoms with Gasteiger partial charge in [-0.3, -0.25) is 10.1 Å². The molecule has 0 aliphatic rings. The molecule has 3 rings (SSSR count). The average molecular weight is 325 g/mol. The Morgan fingerprint density at radius 1 is 1.29 bits per heavy atom. The molecule has 0 amide bonds. The van der Waals surface area contributed by atoms with Crippen LogP contribution in [-0.2, 0) is 17.8 Å². The number of aliphatic carboxylic acids is 1. The first-order valence-electron chi connectivity index (χ1n) is 7.67. The van der Waals surface area contributed by atoms with Gasteiger partial charge in [0, 0.05) is 55.1 Å². The van der Waals surface area contributed by atoms with Crippen molar-refractivity contribution in [1.82, 2.24) is 20.3 Å². The van der Waals surface area contributed by atoms with Crippen molar-refractivity contribution in [2.45, 2.75) is 19.0 Å². The SMILES string of the molecule is CNc1ncc(CNC(Cc2c[nH]c3ccccc23)C(=O)O)cn1. The van der Waals surface area contributed by atoms with Crippen LogP contribution in [0.4, 0.5) is 5.95 Å². The number of benzene rings is 1. The third kappa shape index (κ3) is 3.52. The van der Waals surface area contributed by atoms with Crippen LogP contribution in [0.15, 0.2) is 42.9 Å². The summed E-state index contributed by atoms with van der Waals surface area (Å²) >= 11 is 0. The summed E-state index contributed by atoms with van der Waals surface area (Å²) in [6.45, 7) is 0.392. The molecule has 1 unspecified atom stereocenters. The molecule has 0 radical (unpaired) electrons. The smallest absolute Gasteiger partial charge is 0.321 e. The van der Waals surface area contributed by atoms with Crippen LogP contribution in [0.1, 0.15) is 11.1 Å². The Kier molecular flexibility index (Phi) is 4.72. The summed E-state index contributed by atoms with van der Waals surface area (Å²) in [6.07, 6.45) is 5.62. The predicted molar refractivity (Wildman–Crippen MR) is 91.8 cm³/mol. The molecule has 0 saturated heterocycles. The van der Waals surface area contributed by atoms with Crippen LogP contribution in [0, 0.1) is 0 Å². The maximum Gasteiger partial charge on any atom is 0.321 e. The number of H-pyrrole nitrogens is 1. The minimum Gasteiger partial charge on any atom is -0.480 e. The maximum absolute atomic E-state index is 11.6. The number of aromatic nitrogens is 3. The molecule has 0 bridgehead atoms. The molecule has 7 nitrogen and oxygen atoms in total. The van der Waals surface area contributed by atoms with Crippen molar-refractivity contribution in [2.75, 3.05) is 12.4 Å². The first-order valence-corrected chi connectivity index (χ1v) is 7.67. The van der Waals surface area contributed by atoms with Gasteiger partial charge in [0.15, 0.2) is 0 Å². The summed E-state index contributed by atoms with van der Waals surface area (Å²) in [4.78, 5) is 23.0. The van der Waals surface area contributed by atoms with E-state index < -0.39 is 12.0 Å². The van der Waals surface area contributed by atoms with Crippen LogP contribution in [-0.4, -0.2) is 39.1 Å². The van der Waals surface area contributed by atoms with Crippen LogP contribution in [0.3, 0.4) is 0 Å². The second kappa shape index (κ2) is 7.10. The summed E-state index contributed by atoms with van der Waals surface area (Å²) < 4.78 is 0. The Hall–Kier alpha value is -2.93. The molecule has 2 heterocycles. The Balaban J connectivity index is 1.69. The van der Waals surface area contributed by atoms with E-state index in [0.717, 1.165) is 22.0 Å². The van der Waals surface area contributed by atoms with E-state index in [2.05, 4.69) is 25.6 Å². The van der Waals surface area contributed by atoms with Crippen molar-refractivity contribution >= 4 is 22.8 Å². The topological polar surface area (TPSA) is 103 Å². The zero-order valence-corrected chi connectivity index (χ0v) is 13.3. The number of carbonyl (C=O) groups is 1. The largest absolute Gasteiger partial charge is 0.480 e. The van der Waals surface area contributed by atoms with Gasteiger partial charge in [-0.05, 0) is 11.6 Å². The second-order valence-electron chi connectivity index (χ2n) is 5.50. The highest BCUT2D eigenvalue weighted by atomic mass is 16.4. The normalized spacial score (nSPS) is 12.2. The number of nitrogens with one attached hydrogen (secondary N) is 3. The first-order chi connectivity index (χ1) is 11.7. The lowest BCUT2D eigenvalue weighted by Crippen LogP contribution is -2.38. The van der Waals surface area contributed by atoms with E-state index in [9.17, 15) is 9.90 Å². The number of fused-ring (bicyclic) bond motifs is 1. The molecule has 7 heteroatoms. The van der Waals surface area contributed by atoms with Crippen LogP contribution < -0.4 is 10.6 Å². The highest BCUT2D eigenvalue weighted by Gasteiger charge is 2.19. The number of para-hydroxylation sites is 1. The van der Waals surface area contributed by atoms with Crippen molar-refractivity contribution in [3.63, 3.8) is 0 Å². The summed E-state index contributed by atoms with van der Waals surface area (Å²) in [5.41, 5.74) is 2.82. The number of carboxylic acids is 1. The van der Waals surface area contributed by atoms with Crippen LogP contribution in [0.5, 0.6) is 0 Å². The summed E-state index contributed by atoms with van der Waals surface area (Å²) in [5.74, 6) is -0.347. The van der Waals surface area contributed by atoms with Crippen molar-refractivity contribution in [2.24, 2.45) is 0 Å². The molecule has 4 N–H and O–H groups in total. The molecule has 0 fully saturated rings. The standard InChI is InChI=1S/C17H19N5O2/c1-18-17-21-8-11(9-22-17)7-19-15(16(23)24)6-12-10-20-14-5-3-2-4-13(12)14/h2-5,8-10,15,19-20H,6-7H2,1H3,(H,23,24)(H,18,21,22). The zero-order valence-electron chi connectivity index (χ0n) is 13.3. The Morgan fingerprint density at radius 3 is 2.75 bits per heavy atom. The van der Waals surface area contributed by atoms with Gasteiger partial charge in [-0.2, -0.15) is 0 Å². The number of nitrogens with zero attached hydrogens (tertiary/aromatic N) is 2. The third-order valence-electron chi connectivity index (χ3n) is 3.88. The number of aromatic amines is 1. The Bertz CT molecular complexity index is 828. The lowest BCUT2D eigenvalue weighted by Gasteiger charge is -2.14. The van der Waals surface area contributed by atoms with Crippen LogP contribution in [0.2, 0.25) is 0 Å². The number of hydrogen-bond donors (Lipinski definition) is 4. The van der Waals surface area contributed by atoms with Gasteiger partial charge in [-0.25, -0.2) is 9.97 Å². The van der Waals surface area contributed by atoms with E-state index in [-0.39, 0.29) is 0 Å². The minimum absolute atomic E-state index is 0.392. The molecule has 2 aromatic heterocycles. The van der Waals surface area contributed by atoms with E-state index in [4.69, 9.17) is 0 Å². The van der Waals surface area contributed by atoms with Gasteiger partial charge in [-0.15, -0.1) is 0 Å². The molecular formula is C17H19N5O2. The average Bonchev–Trinajstić information content (AvgIpc) is 3.02. The molecule has 24 heavy (non-hydrogen) atoms. The fourth-order valence-corrected chi connectivity index (χ4v) is 2.58. The molecular weight excluding hydrogens is 306 g/mol. The van der Waals surface area contributed by atoms with Crippen molar-refractivity contribution < 1.29 is 9.90 Å². The predicted octanol–water partition coefficient (Wildman–Crippen LogP) is 1.79. The molecule has 124 valence electrons. The number of carboxylic acid groups (broad SMARTS) is 1. The first kappa shape index (κ1) is 15.9. The number of hydrogen-bond acceptors (Lipinski definition) is 5. The summed E-state index contributed by atoms with van der Waals surface area (Å²) in [7, 11) is 1.74. The third-order valence-corrected chi connectivity index (χ3v) is 3.88. The van der Waals surface area contributed by atoms with E-state index in [0.29, 0.717) is 18.9 Å². The molecule has 0 aliphatic heterocycles. The number of anilines is 1. The monoisotopic (exact) mass is 325 g/mol. The molecule has 0 saturated carbocycles. The molecule has 0 spiro atoms. The maximum atomic E-state index is 11.6. The lowest BCUT2D eigenvalue weighted by atomic mass is 10.0. The fraction of sp³-hybridized carbons (Fsp3) is 0.235. The van der Waals surface area contributed by atoms with Crippen molar-refractivity contribution in [3.05, 3.63) is 54.0 Å². The van der Waals surface area contributed by atoms with Crippen molar-refractivity contribution in [1.29, 1.82) is 0 Å². The second-order valence-corrected chi connectivity index (χ2v) is 5.50. The van der Waals surface area contributed by atoms with Crippen LogP contribution in [0.25, 0.3) is 10.9 Å². The fourth-order valence-electron chi connectivity index (χ4n) is 2.58. The van der Waals surface area contributed by atoms with E-state index in [1.165, 1.54) is 0 Å². The highest BCUT2D eigenvalue weighted by molar-refractivity contribution is 5.84. The van der Waals surface area contributed by atoms with Crippen molar-refractivity contribution in [3.8, 4) is 0 Å². The Morgan fingerprint density at radius 2 is 2.04 bits per heavy atom.